The summed E-state index contributed by atoms with van der Waals surface area (Å²) in [6.07, 6.45) is 1.20. The highest BCUT2D eigenvalue weighted by molar-refractivity contribution is 5.28. The Hall–Kier alpha value is -1.06. The van der Waals surface area contributed by atoms with Crippen LogP contribution >= 0.6 is 0 Å². The van der Waals surface area contributed by atoms with Crippen LogP contribution < -0.4 is 4.74 Å². The van der Waals surface area contributed by atoms with Crippen molar-refractivity contribution in [3.05, 3.63) is 29.8 Å². The first-order valence-electron chi connectivity index (χ1n) is 6.00. The van der Waals surface area contributed by atoms with Gasteiger partial charge < -0.3 is 14.2 Å². The molecule has 2 rings (SSSR count). The van der Waals surface area contributed by atoms with Crippen molar-refractivity contribution in [1.82, 2.24) is 0 Å². The smallest absolute Gasteiger partial charge is 0.163 e. The second kappa shape index (κ2) is 4.67. The van der Waals surface area contributed by atoms with E-state index in [4.69, 9.17) is 14.2 Å². The second-order valence-electron chi connectivity index (χ2n) is 4.94. The van der Waals surface area contributed by atoms with E-state index in [1.165, 1.54) is 5.56 Å². The summed E-state index contributed by atoms with van der Waals surface area (Å²) in [5, 5.41) is 0. The van der Waals surface area contributed by atoms with E-state index in [0.29, 0.717) is 0 Å². The van der Waals surface area contributed by atoms with Crippen molar-refractivity contribution < 1.29 is 14.2 Å². The molecule has 0 aromatic heterocycles. The van der Waals surface area contributed by atoms with Crippen molar-refractivity contribution in [1.29, 1.82) is 0 Å². The van der Waals surface area contributed by atoms with Crippen molar-refractivity contribution in [2.24, 2.45) is 0 Å². The fourth-order valence-corrected chi connectivity index (χ4v) is 2.28. The Labute approximate surface area is 103 Å². The van der Waals surface area contributed by atoms with E-state index in [9.17, 15) is 0 Å². The summed E-state index contributed by atoms with van der Waals surface area (Å²) < 4.78 is 16.8. The van der Waals surface area contributed by atoms with E-state index in [2.05, 4.69) is 19.1 Å². The summed E-state index contributed by atoms with van der Waals surface area (Å²) in [5.41, 5.74) is 1.18. The molecule has 1 heterocycles. The van der Waals surface area contributed by atoms with E-state index in [1.807, 2.05) is 26.0 Å². The largest absolute Gasteiger partial charge is 0.497 e. The molecule has 94 valence electrons. The molecule has 0 aliphatic carbocycles. The number of benzene rings is 1. The van der Waals surface area contributed by atoms with E-state index < -0.39 is 5.79 Å². The van der Waals surface area contributed by atoms with E-state index >= 15 is 0 Å². The topological polar surface area (TPSA) is 27.7 Å². The molecule has 1 aliphatic heterocycles. The standard InChI is InChI=1S/C14H20O3/c1-10-9-13(17-14(2,3)16-10)11-5-7-12(15-4)8-6-11/h5-8,10,13H,9H2,1-4H3/t10-,13-/m1/s1. The molecule has 3 heteroatoms. The quantitative estimate of drug-likeness (QED) is 0.788. The van der Waals surface area contributed by atoms with Gasteiger partial charge in [0, 0.05) is 6.42 Å². The molecule has 1 aromatic rings. The van der Waals surface area contributed by atoms with Gasteiger partial charge in [0.05, 0.1) is 19.3 Å². The predicted octanol–water partition coefficient (Wildman–Crippen LogP) is 3.30. The van der Waals surface area contributed by atoms with Gasteiger partial charge >= 0.3 is 0 Å². The number of methoxy groups -OCH3 is 1. The zero-order valence-corrected chi connectivity index (χ0v) is 10.9. The Bertz CT molecular complexity index is 370. The number of hydrogen-bond donors (Lipinski definition) is 0. The monoisotopic (exact) mass is 236 g/mol. The Morgan fingerprint density at radius 1 is 1.18 bits per heavy atom. The summed E-state index contributed by atoms with van der Waals surface area (Å²) in [4.78, 5) is 0. The van der Waals surface area contributed by atoms with Crippen LogP contribution in [-0.2, 0) is 9.47 Å². The summed E-state index contributed by atoms with van der Waals surface area (Å²) >= 11 is 0. The summed E-state index contributed by atoms with van der Waals surface area (Å²) in [7, 11) is 1.67. The molecule has 0 unspecified atom stereocenters. The Balaban J connectivity index is 2.15. The molecule has 1 aromatic carbocycles. The van der Waals surface area contributed by atoms with Gasteiger partial charge in [-0.15, -0.1) is 0 Å². The van der Waals surface area contributed by atoms with Gasteiger partial charge in [0.15, 0.2) is 5.79 Å². The molecule has 0 saturated carbocycles. The highest BCUT2D eigenvalue weighted by Crippen LogP contribution is 2.36. The molecular formula is C14H20O3. The number of rotatable bonds is 2. The average molecular weight is 236 g/mol. The SMILES string of the molecule is COc1ccc([C@H]2C[C@@H](C)OC(C)(C)O2)cc1. The summed E-state index contributed by atoms with van der Waals surface area (Å²) in [6.45, 7) is 6.00. The molecule has 0 spiro atoms. The summed E-state index contributed by atoms with van der Waals surface area (Å²) in [6, 6.07) is 8.03. The molecule has 0 radical (unpaired) electrons. The zero-order valence-electron chi connectivity index (χ0n) is 10.9. The van der Waals surface area contributed by atoms with E-state index in [-0.39, 0.29) is 12.2 Å². The second-order valence-corrected chi connectivity index (χ2v) is 4.94. The fraction of sp³-hybridized carbons (Fsp3) is 0.571. The third-order valence-corrected chi connectivity index (χ3v) is 2.94. The lowest BCUT2D eigenvalue weighted by molar-refractivity contribution is -0.298. The third kappa shape index (κ3) is 2.99. The number of hydrogen-bond acceptors (Lipinski definition) is 3. The molecule has 1 aliphatic rings. The Morgan fingerprint density at radius 2 is 1.82 bits per heavy atom. The molecule has 1 fully saturated rings. The molecule has 17 heavy (non-hydrogen) atoms. The first-order valence-corrected chi connectivity index (χ1v) is 6.00. The van der Waals surface area contributed by atoms with Crippen LogP contribution in [0.1, 0.15) is 38.9 Å². The van der Waals surface area contributed by atoms with Crippen LogP contribution in [0.2, 0.25) is 0 Å². The lowest BCUT2D eigenvalue weighted by Crippen LogP contribution is -2.40. The molecule has 0 bridgehead atoms. The van der Waals surface area contributed by atoms with Gasteiger partial charge in [-0.25, -0.2) is 0 Å². The van der Waals surface area contributed by atoms with Gasteiger partial charge in [0.1, 0.15) is 5.75 Å². The first kappa shape index (κ1) is 12.4. The van der Waals surface area contributed by atoms with Crippen molar-refractivity contribution >= 4 is 0 Å². The molecule has 1 saturated heterocycles. The highest BCUT2D eigenvalue weighted by atomic mass is 16.7. The Kier molecular flexibility index (Phi) is 3.40. The van der Waals surface area contributed by atoms with Crippen LogP contribution in [0.15, 0.2) is 24.3 Å². The van der Waals surface area contributed by atoms with Crippen LogP contribution in [0.5, 0.6) is 5.75 Å². The minimum atomic E-state index is -0.512. The maximum atomic E-state index is 5.94. The summed E-state index contributed by atoms with van der Waals surface area (Å²) in [5.74, 6) is 0.357. The molecule has 2 atom stereocenters. The Morgan fingerprint density at radius 3 is 2.35 bits per heavy atom. The predicted molar refractivity (Wildman–Crippen MR) is 66.1 cm³/mol. The van der Waals surface area contributed by atoms with Gasteiger partial charge in [-0.2, -0.15) is 0 Å². The van der Waals surface area contributed by atoms with Crippen molar-refractivity contribution in [2.75, 3.05) is 7.11 Å². The van der Waals surface area contributed by atoms with Crippen LogP contribution in [0.4, 0.5) is 0 Å². The highest BCUT2D eigenvalue weighted by Gasteiger charge is 2.34. The van der Waals surface area contributed by atoms with Crippen LogP contribution in [0, 0.1) is 0 Å². The van der Waals surface area contributed by atoms with Crippen LogP contribution in [0.3, 0.4) is 0 Å². The molecule has 3 nitrogen and oxygen atoms in total. The third-order valence-electron chi connectivity index (χ3n) is 2.94. The lowest BCUT2D eigenvalue weighted by atomic mass is 10.0. The van der Waals surface area contributed by atoms with Gasteiger partial charge in [-0.05, 0) is 38.5 Å². The lowest BCUT2D eigenvalue weighted by Gasteiger charge is -2.39. The normalized spacial score (nSPS) is 27.8. The molecule has 0 N–H and O–H groups in total. The first-order chi connectivity index (χ1) is 8.00. The van der Waals surface area contributed by atoms with Gasteiger partial charge in [-0.1, -0.05) is 12.1 Å². The van der Waals surface area contributed by atoms with Gasteiger partial charge in [0.2, 0.25) is 0 Å². The minimum Gasteiger partial charge on any atom is -0.497 e. The van der Waals surface area contributed by atoms with Gasteiger partial charge in [0.25, 0.3) is 0 Å². The van der Waals surface area contributed by atoms with Crippen molar-refractivity contribution in [2.45, 2.75) is 45.2 Å². The molecular weight excluding hydrogens is 216 g/mol. The van der Waals surface area contributed by atoms with Crippen molar-refractivity contribution in [3.63, 3.8) is 0 Å². The van der Waals surface area contributed by atoms with Crippen molar-refractivity contribution in [3.8, 4) is 5.75 Å². The van der Waals surface area contributed by atoms with Crippen LogP contribution in [-0.4, -0.2) is 19.0 Å². The average Bonchev–Trinajstić information content (AvgIpc) is 2.26. The number of ether oxygens (including phenoxy) is 3. The van der Waals surface area contributed by atoms with E-state index in [1.54, 1.807) is 7.11 Å². The maximum Gasteiger partial charge on any atom is 0.163 e. The fourth-order valence-electron chi connectivity index (χ4n) is 2.28. The minimum absolute atomic E-state index is 0.0969. The van der Waals surface area contributed by atoms with Gasteiger partial charge in [-0.3, -0.25) is 0 Å². The molecule has 0 amide bonds. The van der Waals surface area contributed by atoms with Crippen LogP contribution in [0.25, 0.3) is 0 Å². The zero-order chi connectivity index (χ0) is 12.5. The maximum absolute atomic E-state index is 5.94. The van der Waals surface area contributed by atoms with E-state index in [0.717, 1.165) is 12.2 Å².